The fourth-order valence-electron chi connectivity index (χ4n) is 4.04. The Kier molecular flexibility index (Phi) is 6.79. The van der Waals surface area contributed by atoms with E-state index in [0.717, 1.165) is 39.2 Å². The number of methoxy groups -OCH3 is 1. The van der Waals surface area contributed by atoms with Crippen molar-refractivity contribution >= 4 is 16.8 Å². The number of carbonyl (C=O) groups is 1. The predicted molar refractivity (Wildman–Crippen MR) is 127 cm³/mol. The zero-order valence-electron chi connectivity index (χ0n) is 19.0. The van der Waals surface area contributed by atoms with Crippen molar-refractivity contribution in [1.29, 1.82) is 0 Å². The van der Waals surface area contributed by atoms with Gasteiger partial charge in [-0.3, -0.25) is 9.69 Å². The molecule has 6 nitrogen and oxygen atoms in total. The van der Waals surface area contributed by atoms with E-state index >= 15 is 0 Å². The summed E-state index contributed by atoms with van der Waals surface area (Å²) in [5.41, 5.74) is 3.59. The molecule has 0 fully saturated rings. The second-order valence-corrected chi connectivity index (χ2v) is 8.20. The number of nitrogens with zero attached hydrogens (tertiary/aromatic N) is 1. The Balaban J connectivity index is 1.52. The summed E-state index contributed by atoms with van der Waals surface area (Å²) in [7, 11) is 5.51. The molecule has 0 spiro atoms. The SMILES string of the molecule is COc1ccc(-c2[nH]c3ccc(F)cc3c2CCC(=O)NC[C@@H](c2ccco2)N(C)C)cc1. The number of H-pyrrole nitrogens is 1. The fourth-order valence-corrected chi connectivity index (χ4v) is 4.04. The van der Waals surface area contributed by atoms with Gasteiger partial charge in [0.2, 0.25) is 5.91 Å². The van der Waals surface area contributed by atoms with Crippen molar-refractivity contribution < 1.29 is 18.3 Å². The second kappa shape index (κ2) is 9.92. The molecule has 2 aromatic heterocycles. The van der Waals surface area contributed by atoms with Gasteiger partial charge in [-0.15, -0.1) is 0 Å². The Morgan fingerprint density at radius 1 is 1.18 bits per heavy atom. The highest BCUT2D eigenvalue weighted by Crippen LogP contribution is 2.32. The number of aromatic nitrogens is 1. The van der Waals surface area contributed by atoms with Crippen molar-refractivity contribution in [1.82, 2.24) is 15.2 Å². The van der Waals surface area contributed by atoms with Crippen molar-refractivity contribution in [2.24, 2.45) is 0 Å². The number of amides is 1. The first-order chi connectivity index (χ1) is 16.0. The summed E-state index contributed by atoms with van der Waals surface area (Å²) in [6, 6.07) is 16.0. The van der Waals surface area contributed by atoms with Gasteiger partial charge in [0.05, 0.1) is 19.4 Å². The number of hydrogen-bond donors (Lipinski definition) is 2. The van der Waals surface area contributed by atoms with Gasteiger partial charge in [-0.25, -0.2) is 4.39 Å². The van der Waals surface area contributed by atoms with Gasteiger partial charge in [-0.1, -0.05) is 0 Å². The summed E-state index contributed by atoms with van der Waals surface area (Å²) in [6.07, 6.45) is 2.39. The largest absolute Gasteiger partial charge is 0.497 e. The number of aromatic amines is 1. The lowest BCUT2D eigenvalue weighted by Gasteiger charge is -2.22. The zero-order valence-corrected chi connectivity index (χ0v) is 19.0. The van der Waals surface area contributed by atoms with E-state index in [4.69, 9.17) is 9.15 Å². The molecule has 0 aliphatic heterocycles. The Morgan fingerprint density at radius 3 is 2.64 bits per heavy atom. The van der Waals surface area contributed by atoms with Crippen LogP contribution in [0.25, 0.3) is 22.2 Å². The first kappa shape index (κ1) is 22.6. The van der Waals surface area contributed by atoms with E-state index in [2.05, 4.69) is 10.3 Å². The molecule has 172 valence electrons. The van der Waals surface area contributed by atoms with Crippen molar-refractivity contribution in [3.8, 4) is 17.0 Å². The van der Waals surface area contributed by atoms with E-state index in [9.17, 15) is 9.18 Å². The first-order valence-electron chi connectivity index (χ1n) is 10.9. The van der Waals surface area contributed by atoms with E-state index in [0.29, 0.717) is 13.0 Å². The molecule has 0 saturated carbocycles. The Morgan fingerprint density at radius 2 is 1.97 bits per heavy atom. The van der Waals surface area contributed by atoms with Crippen LogP contribution in [0.1, 0.15) is 23.8 Å². The van der Waals surface area contributed by atoms with Crippen molar-refractivity contribution in [2.75, 3.05) is 27.7 Å². The lowest BCUT2D eigenvalue weighted by atomic mass is 10.0. The number of rotatable bonds is 9. The molecule has 0 unspecified atom stereocenters. The van der Waals surface area contributed by atoms with Gasteiger partial charge in [-0.05, 0) is 86.2 Å². The summed E-state index contributed by atoms with van der Waals surface area (Å²) in [5, 5.41) is 3.79. The van der Waals surface area contributed by atoms with Crippen LogP contribution < -0.4 is 10.1 Å². The highest BCUT2D eigenvalue weighted by molar-refractivity contribution is 5.91. The van der Waals surface area contributed by atoms with Crippen LogP contribution in [0.2, 0.25) is 0 Å². The third-order valence-corrected chi connectivity index (χ3v) is 5.84. The number of hydrogen-bond acceptors (Lipinski definition) is 4. The minimum absolute atomic E-state index is 0.0546. The van der Waals surface area contributed by atoms with Crippen LogP contribution in [0, 0.1) is 5.82 Å². The maximum atomic E-state index is 14.0. The molecular formula is C26H28FN3O3. The monoisotopic (exact) mass is 449 g/mol. The minimum Gasteiger partial charge on any atom is -0.497 e. The normalized spacial score (nSPS) is 12.3. The third-order valence-electron chi connectivity index (χ3n) is 5.84. The number of benzene rings is 2. The highest BCUT2D eigenvalue weighted by Gasteiger charge is 2.19. The summed E-state index contributed by atoms with van der Waals surface area (Å²) < 4.78 is 24.8. The summed E-state index contributed by atoms with van der Waals surface area (Å²) in [4.78, 5) is 18.1. The number of halogens is 1. The van der Waals surface area contributed by atoms with Crippen molar-refractivity contribution in [2.45, 2.75) is 18.9 Å². The van der Waals surface area contributed by atoms with Gasteiger partial charge in [-0.2, -0.15) is 0 Å². The smallest absolute Gasteiger partial charge is 0.220 e. The molecule has 0 aliphatic carbocycles. The maximum Gasteiger partial charge on any atom is 0.220 e. The maximum absolute atomic E-state index is 14.0. The Hall–Kier alpha value is -3.58. The molecule has 1 atom stereocenters. The fraction of sp³-hybridized carbons (Fsp3) is 0.269. The number of carbonyl (C=O) groups excluding carboxylic acids is 1. The lowest BCUT2D eigenvalue weighted by Crippen LogP contribution is -2.34. The second-order valence-electron chi connectivity index (χ2n) is 8.20. The summed E-state index contributed by atoms with van der Waals surface area (Å²) >= 11 is 0. The van der Waals surface area contributed by atoms with Crippen LogP contribution in [0.4, 0.5) is 4.39 Å². The van der Waals surface area contributed by atoms with Gasteiger partial charge in [0, 0.05) is 29.6 Å². The van der Waals surface area contributed by atoms with Crippen LogP contribution in [0.3, 0.4) is 0 Å². The number of likely N-dealkylation sites (N-methyl/N-ethyl adjacent to an activating group) is 1. The van der Waals surface area contributed by atoms with Gasteiger partial charge in [0.15, 0.2) is 0 Å². The molecule has 0 aliphatic rings. The van der Waals surface area contributed by atoms with Crippen molar-refractivity contribution in [3.63, 3.8) is 0 Å². The number of furan rings is 1. The molecule has 2 N–H and O–H groups in total. The van der Waals surface area contributed by atoms with Crippen LogP contribution >= 0.6 is 0 Å². The van der Waals surface area contributed by atoms with E-state index < -0.39 is 0 Å². The first-order valence-corrected chi connectivity index (χ1v) is 10.9. The molecule has 4 rings (SSSR count). The molecular weight excluding hydrogens is 421 g/mol. The minimum atomic E-state index is -0.305. The topological polar surface area (TPSA) is 70.5 Å². The lowest BCUT2D eigenvalue weighted by molar-refractivity contribution is -0.121. The van der Waals surface area contributed by atoms with E-state index in [-0.39, 0.29) is 24.2 Å². The molecule has 2 aromatic carbocycles. The molecule has 33 heavy (non-hydrogen) atoms. The van der Waals surface area contributed by atoms with Gasteiger partial charge < -0.3 is 19.5 Å². The number of ether oxygens (including phenoxy) is 1. The molecule has 0 radical (unpaired) electrons. The quantitative estimate of drug-likeness (QED) is 0.380. The molecule has 4 aromatic rings. The summed E-state index contributed by atoms with van der Waals surface area (Å²) in [5.74, 6) is 1.18. The molecule has 2 heterocycles. The van der Waals surface area contributed by atoms with Crippen molar-refractivity contribution in [3.05, 3.63) is 78.0 Å². The summed E-state index contributed by atoms with van der Waals surface area (Å²) in [6.45, 7) is 0.438. The highest BCUT2D eigenvalue weighted by atomic mass is 19.1. The molecule has 7 heteroatoms. The molecule has 0 bridgehead atoms. The Bertz CT molecular complexity index is 1210. The predicted octanol–water partition coefficient (Wildman–Crippen LogP) is 4.93. The van der Waals surface area contributed by atoms with Gasteiger partial charge >= 0.3 is 0 Å². The molecule has 1 amide bonds. The third kappa shape index (κ3) is 5.09. The number of aryl methyl sites for hydroxylation is 1. The van der Waals surface area contributed by atoms with Crippen LogP contribution in [-0.2, 0) is 11.2 Å². The number of fused-ring (bicyclic) bond motifs is 1. The van der Waals surface area contributed by atoms with E-state index in [1.807, 2.05) is 55.4 Å². The molecule has 0 saturated heterocycles. The van der Waals surface area contributed by atoms with Gasteiger partial charge in [0.1, 0.15) is 17.3 Å². The number of nitrogens with one attached hydrogen (secondary N) is 2. The van der Waals surface area contributed by atoms with E-state index in [1.165, 1.54) is 12.1 Å². The average Bonchev–Trinajstić information content (AvgIpc) is 3.46. The van der Waals surface area contributed by atoms with E-state index in [1.54, 1.807) is 19.4 Å². The average molecular weight is 450 g/mol. The van der Waals surface area contributed by atoms with Crippen LogP contribution in [0.15, 0.2) is 65.3 Å². The zero-order chi connectivity index (χ0) is 23.4. The van der Waals surface area contributed by atoms with Gasteiger partial charge in [0.25, 0.3) is 0 Å². The standard InChI is InChI=1S/C26H28FN3O3/c1-30(2)23(24-5-4-14-33-24)16-28-25(31)13-11-20-21-15-18(27)8-12-22(21)29-26(20)17-6-9-19(32-3)10-7-17/h4-10,12,14-15,23,29H,11,13,16H2,1-3H3,(H,28,31)/t23-/m0/s1. The van der Waals surface area contributed by atoms with Crippen LogP contribution in [-0.4, -0.2) is 43.5 Å². The Labute approximate surface area is 192 Å². The van der Waals surface area contributed by atoms with Crippen LogP contribution in [0.5, 0.6) is 5.75 Å².